The minimum atomic E-state index is 0.103. The third kappa shape index (κ3) is 3.51. The smallest absolute Gasteiger partial charge is 0.220 e. The molecule has 5 heteroatoms. The number of ether oxygens (including phenoxy) is 1. The lowest BCUT2D eigenvalue weighted by Gasteiger charge is -2.07. The van der Waals surface area contributed by atoms with Gasteiger partial charge >= 0.3 is 0 Å². The van der Waals surface area contributed by atoms with Crippen LogP contribution in [0.2, 0.25) is 0 Å². The number of hydrogen-bond donors (Lipinski definition) is 1. The average molecular weight is 254 g/mol. The van der Waals surface area contributed by atoms with E-state index in [-0.39, 0.29) is 5.91 Å². The molecular formula is C12H18N2O2S. The number of nitrogens with zero attached hydrogens (tertiary/aromatic N) is 1. The lowest BCUT2D eigenvalue weighted by molar-refractivity contribution is -0.122. The number of aryl methyl sites for hydroxylation is 2. The van der Waals surface area contributed by atoms with E-state index in [9.17, 15) is 4.79 Å². The van der Waals surface area contributed by atoms with Gasteiger partial charge in [-0.2, -0.15) is 0 Å². The minimum Gasteiger partial charge on any atom is -0.381 e. The van der Waals surface area contributed by atoms with Gasteiger partial charge in [-0.05, 0) is 26.2 Å². The van der Waals surface area contributed by atoms with E-state index >= 15 is 0 Å². The van der Waals surface area contributed by atoms with Gasteiger partial charge in [-0.3, -0.25) is 4.79 Å². The van der Waals surface area contributed by atoms with Gasteiger partial charge in [-0.1, -0.05) is 0 Å². The standard InChI is InChI=1S/C12H18N2O2S/c1-8-9(2)17-12(14-8)6-13-11(15)5-10-3-4-16-7-10/h10H,3-7H2,1-2H3,(H,13,15)/t10-/m0/s1. The third-order valence-corrected chi connectivity index (χ3v) is 4.08. The van der Waals surface area contributed by atoms with E-state index in [0.29, 0.717) is 18.9 Å². The van der Waals surface area contributed by atoms with Crippen LogP contribution in [-0.2, 0) is 16.1 Å². The van der Waals surface area contributed by atoms with Crippen molar-refractivity contribution in [3.8, 4) is 0 Å². The maximum Gasteiger partial charge on any atom is 0.220 e. The number of rotatable bonds is 4. The van der Waals surface area contributed by atoms with E-state index in [1.807, 2.05) is 13.8 Å². The van der Waals surface area contributed by atoms with Crippen molar-refractivity contribution in [2.24, 2.45) is 5.92 Å². The molecule has 1 saturated heterocycles. The molecule has 2 rings (SSSR count). The molecule has 4 nitrogen and oxygen atoms in total. The Morgan fingerprint density at radius 3 is 3.00 bits per heavy atom. The molecule has 1 aliphatic rings. The van der Waals surface area contributed by atoms with E-state index in [1.165, 1.54) is 4.88 Å². The van der Waals surface area contributed by atoms with Crippen molar-refractivity contribution in [2.75, 3.05) is 13.2 Å². The molecule has 1 N–H and O–H groups in total. The monoisotopic (exact) mass is 254 g/mol. The highest BCUT2D eigenvalue weighted by Gasteiger charge is 2.19. The van der Waals surface area contributed by atoms with Crippen LogP contribution in [0.4, 0.5) is 0 Å². The highest BCUT2D eigenvalue weighted by molar-refractivity contribution is 7.11. The van der Waals surface area contributed by atoms with Crippen molar-refractivity contribution in [1.29, 1.82) is 0 Å². The van der Waals surface area contributed by atoms with Crippen LogP contribution in [0, 0.1) is 19.8 Å². The van der Waals surface area contributed by atoms with E-state index in [0.717, 1.165) is 30.3 Å². The predicted molar refractivity (Wildman–Crippen MR) is 67.0 cm³/mol. The van der Waals surface area contributed by atoms with E-state index in [4.69, 9.17) is 4.74 Å². The van der Waals surface area contributed by atoms with Gasteiger partial charge in [0, 0.05) is 24.5 Å². The van der Waals surface area contributed by atoms with Crippen molar-refractivity contribution in [1.82, 2.24) is 10.3 Å². The fourth-order valence-electron chi connectivity index (χ4n) is 1.87. The molecule has 1 amide bonds. The van der Waals surface area contributed by atoms with Crippen molar-refractivity contribution >= 4 is 17.2 Å². The summed E-state index contributed by atoms with van der Waals surface area (Å²) in [5.74, 6) is 0.501. The molecule has 1 aliphatic heterocycles. The molecule has 94 valence electrons. The van der Waals surface area contributed by atoms with Crippen LogP contribution in [0.1, 0.15) is 28.4 Å². The molecule has 0 saturated carbocycles. The van der Waals surface area contributed by atoms with Crippen LogP contribution in [0.25, 0.3) is 0 Å². The van der Waals surface area contributed by atoms with E-state index in [2.05, 4.69) is 10.3 Å². The van der Waals surface area contributed by atoms with Gasteiger partial charge in [0.15, 0.2) is 0 Å². The Kier molecular flexibility index (Phi) is 4.12. The Morgan fingerprint density at radius 2 is 2.41 bits per heavy atom. The average Bonchev–Trinajstić information content (AvgIpc) is 2.87. The Labute approximate surface area is 105 Å². The van der Waals surface area contributed by atoms with Gasteiger partial charge in [0.2, 0.25) is 5.91 Å². The SMILES string of the molecule is Cc1nc(CNC(=O)C[C@@H]2CCOC2)sc1C. The van der Waals surface area contributed by atoms with E-state index < -0.39 is 0 Å². The number of hydrogen-bond acceptors (Lipinski definition) is 4. The molecule has 1 aromatic heterocycles. The molecule has 17 heavy (non-hydrogen) atoms. The maximum atomic E-state index is 11.7. The molecule has 2 heterocycles. The quantitative estimate of drug-likeness (QED) is 0.891. The first-order valence-corrected chi connectivity index (χ1v) is 6.74. The molecule has 0 aromatic carbocycles. The van der Waals surface area contributed by atoms with Crippen LogP contribution < -0.4 is 5.32 Å². The van der Waals surface area contributed by atoms with Gasteiger partial charge in [0.1, 0.15) is 5.01 Å². The lowest BCUT2D eigenvalue weighted by atomic mass is 10.1. The Morgan fingerprint density at radius 1 is 1.59 bits per heavy atom. The summed E-state index contributed by atoms with van der Waals surface area (Å²) in [6, 6.07) is 0. The normalized spacial score (nSPS) is 19.5. The minimum absolute atomic E-state index is 0.103. The summed E-state index contributed by atoms with van der Waals surface area (Å²) in [5.41, 5.74) is 1.06. The Bertz CT molecular complexity index is 378. The summed E-state index contributed by atoms with van der Waals surface area (Å²) >= 11 is 1.65. The highest BCUT2D eigenvalue weighted by Crippen LogP contribution is 2.17. The fraction of sp³-hybridized carbons (Fsp3) is 0.667. The van der Waals surface area contributed by atoms with Crippen molar-refractivity contribution < 1.29 is 9.53 Å². The van der Waals surface area contributed by atoms with Crippen LogP contribution in [0.3, 0.4) is 0 Å². The maximum absolute atomic E-state index is 11.7. The zero-order valence-electron chi connectivity index (χ0n) is 10.3. The van der Waals surface area contributed by atoms with Crippen molar-refractivity contribution in [3.63, 3.8) is 0 Å². The second-order valence-electron chi connectivity index (χ2n) is 4.46. The summed E-state index contributed by atoms with van der Waals surface area (Å²) < 4.78 is 5.25. The fourth-order valence-corrected chi connectivity index (χ4v) is 2.74. The van der Waals surface area contributed by atoms with E-state index in [1.54, 1.807) is 11.3 Å². The molecule has 1 aromatic rings. The van der Waals surface area contributed by atoms with Crippen LogP contribution in [0.5, 0.6) is 0 Å². The lowest BCUT2D eigenvalue weighted by Crippen LogP contribution is -2.25. The van der Waals surface area contributed by atoms with Gasteiger partial charge < -0.3 is 10.1 Å². The number of carbonyl (C=O) groups is 1. The molecule has 0 spiro atoms. The second kappa shape index (κ2) is 5.60. The molecule has 0 bridgehead atoms. The number of amides is 1. The molecule has 1 atom stereocenters. The van der Waals surface area contributed by atoms with Crippen LogP contribution in [0.15, 0.2) is 0 Å². The molecule has 0 radical (unpaired) electrons. The molecule has 0 unspecified atom stereocenters. The number of aromatic nitrogens is 1. The summed E-state index contributed by atoms with van der Waals surface area (Å²) in [6.07, 6.45) is 1.58. The van der Waals surface area contributed by atoms with Crippen molar-refractivity contribution in [3.05, 3.63) is 15.6 Å². The summed E-state index contributed by atoms with van der Waals surface area (Å²) in [4.78, 5) is 17.3. The Balaban J connectivity index is 1.75. The van der Waals surface area contributed by atoms with Gasteiger partial charge in [-0.15, -0.1) is 11.3 Å². The molecule has 0 aliphatic carbocycles. The molecule has 1 fully saturated rings. The van der Waals surface area contributed by atoms with Crippen LogP contribution in [-0.4, -0.2) is 24.1 Å². The third-order valence-electron chi connectivity index (χ3n) is 3.01. The Hall–Kier alpha value is -0.940. The summed E-state index contributed by atoms with van der Waals surface area (Å²) in [6.45, 7) is 6.11. The zero-order valence-corrected chi connectivity index (χ0v) is 11.1. The first-order valence-electron chi connectivity index (χ1n) is 5.92. The van der Waals surface area contributed by atoms with Gasteiger partial charge in [-0.25, -0.2) is 4.98 Å². The van der Waals surface area contributed by atoms with Gasteiger partial charge in [0.25, 0.3) is 0 Å². The predicted octanol–water partition coefficient (Wildman–Crippen LogP) is 1.80. The molecular weight excluding hydrogens is 236 g/mol. The largest absolute Gasteiger partial charge is 0.381 e. The summed E-state index contributed by atoms with van der Waals surface area (Å²) in [7, 11) is 0. The van der Waals surface area contributed by atoms with Crippen LogP contribution >= 0.6 is 11.3 Å². The second-order valence-corrected chi connectivity index (χ2v) is 5.75. The topological polar surface area (TPSA) is 51.2 Å². The summed E-state index contributed by atoms with van der Waals surface area (Å²) in [5, 5.41) is 3.90. The number of thiazole rings is 1. The number of carbonyl (C=O) groups excluding carboxylic acids is 1. The first kappa shape index (κ1) is 12.5. The van der Waals surface area contributed by atoms with Gasteiger partial charge in [0.05, 0.1) is 12.2 Å². The first-order chi connectivity index (χ1) is 8.15. The van der Waals surface area contributed by atoms with Crippen molar-refractivity contribution in [2.45, 2.75) is 33.2 Å². The number of nitrogens with one attached hydrogen (secondary N) is 1. The highest BCUT2D eigenvalue weighted by atomic mass is 32.1. The zero-order chi connectivity index (χ0) is 12.3.